The van der Waals surface area contributed by atoms with Gasteiger partial charge in [-0.1, -0.05) is 30.3 Å². The van der Waals surface area contributed by atoms with Crippen LogP contribution in [0.5, 0.6) is 0 Å². The minimum Gasteiger partial charge on any atom is -0.445 e. The lowest BCUT2D eigenvalue weighted by molar-refractivity contribution is 0.0985. The van der Waals surface area contributed by atoms with E-state index in [1.54, 1.807) is 4.90 Å². The van der Waals surface area contributed by atoms with E-state index in [0.717, 1.165) is 25.1 Å². The summed E-state index contributed by atoms with van der Waals surface area (Å²) in [5.41, 5.74) is 3.56. The third-order valence-corrected chi connectivity index (χ3v) is 3.49. The molecule has 0 saturated carbocycles. The second kappa shape index (κ2) is 5.26. The van der Waals surface area contributed by atoms with E-state index in [9.17, 15) is 4.79 Å². The summed E-state index contributed by atoms with van der Waals surface area (Å²) in [5, 5.41) is 0. The van der Waals surface area contributed by atoms with Crippen molar-refractivity contribution in [1.29, 1.82) is 0 Å². The van der Waals surface area contributed by atoms with Crippen LogP contribution in [-0.2, 0) is 11.3 Å². The molecule has 0 bridgehead atoms. The minimum absolute atomic E-state index is 0.240. The maximum absolute atomic E-state index is 12.0. The molecule has 0 N–H and O–H groups in total. The number of amides is 1. The van der Waals surface area contributed by atoms with Crippen LogP contribution in [0.1, 0.15) is 12.0 Å². The van der Waals surface area contributed by atoms with Crippen LogP contribution in [0.3, 0.4) is 0 Å². The Morgan fingerprint density at radius 3 is 3.00 bits per heavy atom. The Hall–Kier alpha value is -2.10. The normalized spacial score (nSPS) is 17.6. The molecule has 0 saturated heterocycles. The number of hydrogen-bond acceptors (Lipinski definition) is 3. The van der Waals surface area contributed by atoms with E-state index in [4.69, 9.17) is 4.74 Å². The molecule has 0 aliphatic carbocycles. The van der Waals surface area contributed by atoms with E-state index in [1.807, 2.05) is 36.5 Å². The molecule has 98 valence electrons. The third kappa shape index (κ3) is 2.67. The quantitative estimate of drug-likeness (QED) is 0.815. The fourth-order valence-corrected chi connectivity index (χ4v) is 2.37. The number of benzene rings is 1. The van der Waals surface area contributed by atoms with Crippen molar-refractivity contribution in [2.75, 3.05) is 19.6 Å². The fraction of sp³-hybridized carbons (Fsp3) is 0.333. The molecule has 0 spiro atoms. The van der Waals surface area contributed by atoms with Crippen molar-refractivity contribution in [3.63, 3.8) is 0 Å². The van der Waals surface area contributed by atoms with E-state index in [0.29, 0.717) is 13.2 Å². The molecule has 0 fully saturated rings. The number of ether oxygens (including phenoxy) is 1. The van der Waals surface area contributed by atoms with Crippen LogP contribution >= 0.6 is 0 Å². The van der Waals surface area contributed by atoms with Crippen LogP contribution < -0.4 is 0 Å². The van der Waals surface area contributed by atoms with Crippen molar-refractivity contribution in [3.05, 3.63) is 47.0 Å². The van der Waals surface area contributed by atoms with Crippen molar-refractivity contribution >= 4 is 12.3 Å². The number of carbonyl (C=O) groups is 1. The van der Waals surface area contributed by atoms with Gasteiger partial charge in [-0.25, -0.2) is 4.79 Å². The molecular weight excluding hydrogens is 240 g/mol. The fourth-order valence-electron chi connectivity index (χ4n) is 2.37. The van der Waals surface area contributed by atoms with Gasteiger partial charge in [0.25, 0.3) is 0 Å². The number of aliphatic imine (C=N–C) groups is 1. The van der Waals surface area contributed by atoms with Crippen LogP contribution in [0.4, 0.5) is 4.79 Å². The standard InChI is InChI=1S/C15H16N2O2/c18-15(19-11-12-4-2-1-3-5-12)17-7-6-13-8-16-9-14(13)10-17/h1-5,9H,6-8,10-11H2. The largest absolute Gasteiger partial charge is 0.445 e. The summed E-state index contributed by atoms with van der Waals surface area (Å²) in [6.45, 7) is 2.50. The summed E-state index contributed by atoms with van der Waals surface area (Å²) in [6.07, 6.45) is 2.55. The summed E-state index contributed by atoms with van der Waals surface area (Å²) in [4.78, 5) is 18.0. The van der Waals surface area contributed by atoms with Gasteiger partial charge in [0.2, 0.25) is 0 Å². The molecule has 2 aliphatic rings. The highest BCUT2D eigenvalue weighted by Gasteiger charge is 2.24. The second-order valence-corrected chi connectivity index (χ2v) is 4.81. The van der Waals surface area contributed by atoms with Gasteiger partial charge in [0.05, 0.1) is 13.1 Å². The first-order valence-electron chi connectivity index (χ1n) is 6.49. The molecule has 0 radical (unpaired) electrons. The predicted molar refractivity (Wildman–Crippen MR) is 73.2 cm³/mol. The van der Waals surface area contributed by atoms with Crippen molar-refractivity contribution in [1.82, 2.24) is 4.90 Å². The van der Waals surface area contributed by atoms with Crippen LogP contribution in [-0.4, -0.2) is 36.8 Å². The Labute approximate surface area is 112 Å². The highest BCUT2D eigenvalue weighted by atomic mass is 16.6. The Kier molecular flexibility index (Phi) is 3.31. The molecule has 2 aliphatic heterocycles. The van der Waals surface area contributed by atoms with Crippen molar-refractivity contribution in [3.8, 4) is 0 Å². The molecule has 0 aromatic heterocycles. The van der Waals surface area contributed by atoms with Crippen LogP contribution in [0, 0.1) is 0 Å². The molecule has 1 aromatic carbocycles. The topological polar surface area (TPSA) is 41.9 Å². The molecule has 19 heavy (non-hydrogen) atoms. The number of carbonyl (C=O) groups excluding carboxylic acids is 1. The molecule has 4 nitrogen and oxygen atoms in total. The van der Waals surface area contributed by atoms with Gasteiger partial charge in [0, 0.05) is 12.8 Å². The molecular formula is C15H16N2O2. The first-order chi connectivity index (χ1) is 9.33. The highest BCUT2D eigenvalue weighted by molar-refractivity contribution is 5.84. The monoisotopic (exact) mass is 256 g/mol. The Bertz CT molecular complexity index is 534. The summed E-state index contributed by atoms with van der Waals surface area (Å²) < 4.78 is 5.34. The first-order valence-corrected chi connectivity index (χ1v) is 6.49. The second-order valence-electron chi connectivity index (χ2n) is 4.81. The average molecular weight is 256 g/mol. The number of hydrogen-bond donors (Lipinski definition) is 0. The average Bonchev–Trinajstić information content (AvgIpc) is 2.93. The minimum atomic E-state index is -0.240. The van der Waals surface area contributed by atoms with Crippen LogP contribution in [0.15, 0.2) is 46.5 Å². The van der Waals surface area contributed by atoms with Gasteiger partial charge in [-0.2, -0.15) is 0 Å². The Morgan fingerprint density at radius 1 is 1.32 bits per heavy atom. The molecule has 0 unspecified atom stereocenters. The maximum atomic E-state index is 12.0. The molecule has 4 heteroatoms. The summed E-state index contributed by atoms with van der Waals surface area (Å²) in [7, 11) is 0. The van der Waals surface area contributed by atoms with E-state index in [2.05, 4.69) is 4.99 Å². The van der Waals surface area contributed by atoms with Gasteiger partial charge in [0.15, 0.2) is 0 Å². The van der Waals surface area contributed by atoms with Crippen molar-refractivity contribution in [2.45, 2.75) is 13.0 Å². The van der Waals surface area contributed by atoms with Gasteiger partial charge in [-0.3, -0.25) is 4.99 Å². The van der Waals surface area contributed by atoms with E-state index in [1.165, 1.54) is 11.1 Å². The van der Waals surface area contributed by atoms with Crippen LogP contribution in [0.25, 0.3) is 0 Å². The SMILES string of the molecule is O=C(OCc1ccccc1)N1CCC2=C(C=NC2)C1. The van der Waals surface area contributed by atoms with E-state index in [-0.39, 0.29) is 6.09 Å². The van der Waals surface area contributed by atoms with E-state index >= 15 is 0 Å². The van der Waals surface area contributed by atoms with Gasteiger partial charge in [-0.15, -0.1) is 0 Å². The molecule has 1 amide bonds. The van der Waals surface area contributed by atoms with Crippen molar-refractivity contribution in [2.24, 2.45) is 4.99 Å². The maximum Gasteiger partial charge on any atom is 0.410 e. The summed E-state index contributed by atoms with van der Waals surface area (Å²) in [6, 6.07) is 9.73. The Morgan fingerprint density at radius 2 is 2.16 bits per heavy atom. The summed E-state index contributed by atoms with van der Waals surface area (Å²) in [5.74, 6) is 0. The van der Waals surface area contributed by atoms with Gasteiger partial charge < -0.3 is 9.64 Å². The third-order valence-electron chi connectivity index (χ3n) is 3.49. The van der Waals surface area contributed by atoms with Crippen molar-refractivity contribution < 1.29 is 9.53 Å². The molecule has 0 atom stereocenters. The number of rotatable bonds is 2. The number of nitrogens with zero attached hydrogens (tertiary/aromatic N) is 2. The molecule has 1 aromatic rings. The molecule has 3 rings (SSSR count). The van der Waals surface area contributed by atoms with Gasteiger partial charge in [-0.05, 0) is 23.1 Å². The van der Waals surface area contributed by atoms with Crippen LogP contribution in [0.2, 0.25) is 0 Å². The van der Waals surface area contributed by atoms with E-state index < -0.39 is 0 Å². The lowest BCUT2D eigenvalue weighted by Gasteiger charge is -2.26. The lowest BCUT2D eigenvalue weighted by Crippen LogP contribution is -2.37. The van der Waals surface area contributed by atoms with Gasteiger partial charge in [0.1, 0.15) is 6.61 Å². The van der Waals surface area contributed by atoms with Gasteiger partial charge >= 0.3 is 6.09 Å². The highest BCUT2D eigenvalue weighted by Crippen LogP contribution is 2.21. The molecule has 2 heterocycles. The first kappa shape index (κ1) is 12.0. The summed E-state index contributed by atoms with van der Waals surface area (Å²) >= 11 is 0. The Balaban J connectivity index is 1.55. The smallest absolute Gasteiger partial charge is 0.410 e. The zero-order valence-corrected chi connectivity index (χ0v) is 10.7. The predicted octanol–water partition coefficient (Wildman–Crippen LogP) is 2.41. The zero-order valence-electron chi connectivity index (χ0n) is 10.7. The lowest BCUT2D eigenvalue weighted by atomic mass is 10.0. The zero-order chi connectivity index (χ0) is 13.1.